The van der Waals surface area contributed by atoms with Crippen LogP contribution in [-0.2, 0) is 6.54 Å². The molecule has 3 N–H and O–H groups in total. The normalized spacial score (nSPS) is 20.2. The summed E-state index contributed by atoms with van der Waals surface area (Å²) < 4.78 is 43.3. The lowest BCUT2D eigenvalue weighted by molar-refractivity contribution is 0.139. The van der Waals surface area contributed by atoms with E-state index in [9.17, 15) is 8.78 Å². The predicted octanol–water partition coefficient (Wildman–Crippen LogP) is 2.57. The van der Waals surface area contributed by atoms with E-state index in [2.05, 4.69) is 25.4 Å². The number of rotatable bonds is 7. The number of nitrogens with two attached hydrogens (primary N) is 1. The van der Waals surface area contributed by atoms with Gasteiger partial charge in [0.05, 0.1) is 35.6 Å². The van der Waals surface area contributed by atoms with E-state index in [1.165, 1.54) is 6.07 Å². The van der Waals surface area contributed by atoms with Gasteiger partial charge in [0, 0.05) is 51.9 Å². The van der Waals surface area contributed by atoms with E-state index in [-0.39, 0.29) is 18.3 Å². The molecule has 2 atom stereocenters. The molecule has 0 aliphatic carbocycles. The van der Waals surface area contributed by atoms with Crippen LogP contribution in [0.2, 0.25) is 0 Å². The predicted molar refractivity (Wildman–Crippen MR) is 146 cm³/mol. The van der Waals surface area contributed by atoms with Crippen molar-refractivity contribution in [2.24, 2.45) is 0 Å². The first-order valence-corrected chi connectivity index (χ1v) is 13.4. The van der Waals surface area contributed by atoms with Gasteiger partial charge in [-0.05, 0) is 30.3 Å². The molecule has 7 rings (SSSR count). The largest absolute Gasteiger partial charge is 0.486 e. The van der Waals surface area contributed by atoms with Crippen LogP contribution in [0.3, 0.4) is 0 Å². The first-order valence-electron chi connectivity index (χ1n) is 13.4. The lowest BCUT2D eigenvalue weighted by Gasteiger charge is -2.36. The minimum atomic E-state index is -1.09. The number of aromatic nitrogens is 5. The van der Waals surface area contributed by atoms with Gasteiger partial charge >= 0.3 is 0 Å². The third-order valence-corrected chi connectivity index (χ3v) is 7.64. The summed E-state index contributed by atoms with van der Waals surface area (Å²) >= 11 is 0. The van der Waals surface area contributed by atoms with Gasteiger partial charge in [-0.3, -0.25) is 4.90 Å². The van der Waals surface area contributed by atoms with Crippen molar-refractivity contribution in [2.45, 2.75) is 18.8 Å². The Balaban J connectivity index is 0.990. The third-order valence-electron chi connectivity index (χ3n) is 7.64. The molecule has 0 radical (unpaired) electrons. The van der Waals surface area contributed by atoms with Crippen molar-refractivity contribution in [3.63, 3.8) is 0 Å². The van der Waals surface area contributed by atoms with Gasteiger partial charge in [-0.15, -0.1) is 0 Å². The number of ether oxygens (including phenoxy) is 1. The van der Waals surface area contributed by atoms with Crippen LogP contribution < -0.4 is 20.7 Å². The molecule has 40 heavy (non-hydrogen) atoms. The molecule has 6 heterocycles. The number of anilines is 2. The van der Waals surface area contributed by atoms with Gasteiger partial charge in [-0.2, -0.15) is 19.7 Å². The van der Waals surface area contributed by atoms with Crippen molar-refractivity contribution >= 4 is 28.2 Å². The summed E-state index contributed by atoms with van der Waals surface area (Å²) in [5, 5.41) is 12.9. The highest BCUT2D eigenvalue weighted by Gasteiger charge is 2.29. The Kier molecular flexibility index (Phi) is 6.24. The number of nitrogen functional groups attached to an aromatic ring is 1. The van der Waals surface area contributed by atoms with E-state index in [1.807, 2.05) is 27.8 Å². The molecule has 11 nitrogen and oxygen atoms in total. The number of benzene rings is 1. The van der Waals surface area contributed by atoms with Gasteiger partial charge in [0.15, 0.2) is 17.6 Å². The van der Waals surface area contributed by atoms with E-state index < -0.39 is 12.3 Å². The fourth-order valence-electron chi connectivity index (χ4n) is 5.47. The Labute approximate surface area is 228 Å². The fourth-order valence-corrected chi connectivity index (χ4v) is 5.47. The average Bonchev–Trinajstić information content (AvgIpc) is 3.76. The van der Waals surface area contributed by atoms with Crippen molar-refractivity contribution in [1.29, 1.82) is 0 Å². The first kappa shape index (κ1) is 24.8. The van der Waals surface area contributed by atoms with Crippen LogP contribution in [0.5, 0.6) is 5.75 Å². The van der Waals surface area contributed by atoms with Crippen LogP contribution in [0.25, 0.3) is 28.0 Å². The van der Waals surface area contributed by atoms with Crippen LogP contribution in [0.15, 0.2) is 53.3 Å². The number of nitrogens with zero attached hydrogens (tertiary/aromatic N) is 7. The van der Waals surface area contributed by atoms with Crippen molar-refractivity contribution in [3.8, 4) is 17.2 Å². The van der Waals surface area contributed by atoms with Crippen LogP contribution in [-0.4, -0.2) is 87.4 Å². The summed E-state index contributed by atoms with van der Waals surface area (Å²) in [7, 11) is 0. The van der Waals surface area contributed by atoms with E-state index in [0.29, 0.717) is 54.7 Å². The maximum atomic E-state index is 14.9. The lowest BCUT2D eigenvalue weighted by Crippen LogP contribution is -2.47. The summed E-state index contributed by atoms with van der Waals surface area (Å²) in [4.78, 5) is 8.93. The van der Waals surface area contributed by atoms with Crippen molar-refractivity contribution in [1.82, 2.24) is 34.6 Å². The van der Waals surface area contributed by atoms with Gasteiger partial charge in [-0.25, -0.2) is 13.5 Å². The maximum absolute atomic E-state index is 14.9. The SMILES string of the molecule is Nc1nc2c(cnn2CCN2CCN(c3ccc(O[C@H]4CNC[C@@H]4F)cc3F)CC2)c2cc(-c3ccco3)nn12. The van der Waals surface area contributed by atoms with E-state index in [1.54, 1.807) is 29.1 Å². The number of piperazine rings is 1. The Morgan fingerprint density at radius 3 is 2.73 bits per heavy atom. The molecular weight excluding hydrogens is 520 g/mol. The van der Waals surface area contributed by atoms with Crippen LogP contribution in [0, 0.1) is 5.82 Å². The Bertz CT molecular complexity index is 1640. The molecule has 0 spiro atoms. The summed E-state index contributed by atoms with van der Waals surface area (Å²) in [6.45, 7) is 5.02. The second kappa shape index (κ2) is 10.1. The molecule has 2 fully saturated rings. The standard InChI is InChI=1S/C27H29F2N9O2/c28-19-12-17(40-25-16-31-15-20(25)29)3-4-22(19)36-8-5-35(6-9-36)7-10-37-26-18(14-32-37)23-13-21(24-2-1-11-39-24)34-38(23)27(30)33-26/h1-4,11-14,20,25,31H,5-10,15-16H2,(H2,30,33)/t20-,25-/m0/s1. The molecule has 1 aromatic carbocycles. The van der Waals surface area contributed by atoms with Crippen LogP contribution >= 0.6 is 0 Å². The monoisotopic (exact) mass is 549 g/mol. The topological polar surface area (TPSA) is 115 Å². The highest BCUT2D eigenvalue weighted by molar-refractivity contribution is 5.93. The van der Waals surface area contributed by atoms with Crippen molar-refractivity contribution in [2.75, 3.05) is 56.4 Å². The minimum Gasteiger partial charge on any atom is -0.486 e. The van der Waals surface area contributed by atoms with Gasteiger partial charge in [0.25, 0.3) is 0 Å². The number of alkyl halides is 1. The average molecular weight is 550 g/mol. The highest BCUT2D eigenvalue weighted by Crippen LogP contribution is 2.28. The Morgan fingerprint density at radius 2 is 1.98 bits per heavy atom. The van der Waals surface area contributed by atoms with Gasteiger partial charge in [0.2, 0.25) is 5.95 Å². The molecule has 2 aliphatic heterocycles. The molecular formula is C27H29F2N9O2. The Hall–Kier alpha value is -4.23. The molecule has 2 saturated heterocycles. The van der Waals surface area contributed by atoms with Crippen molar-refractivity contribution < 1.29 is 17.9 Å². The van der Waals surface area contributed by atoms with Gasteiger partial charge in [0.1, 0.15) is 23.4 Å². The van der Waals surface area contributed by atoms with E-state index in [4.69, 9.17) is 14.9 Å². The third kappa shape index (κ3) is 4.50. The zero-order valence-corrected chi connectivity index (χ0v) is 21.7. The number of hydrogen-bond acceptors (Lipinski definition) is 9. The molecule has 4 aromatic heterocycles. The quantitative estimate of drug-likeness (QED) is 0.316. The highest BCUT2D eigenvalue weighted by atomic mass is 19.1. The minimum absolute atomic E-state index is 0.263. The van der Waals surface area contributed by atoms with E-state index >= 15 is 0 Å². The number of nitrogens with one attached hydrogen (secondary N) is 1. The van der Waals surface area contributed by atoms with Crippen molar-refractivity contribution in [3.05, 3.63) is 54.7 Å². The van der Waals surface area contributed by atoms with E-state index in [0.717, 1.165) is 30.5 Å². The molecule has 0 amide bonds. The maximum Gasteiger partial charge on any atom is 0.223 e. The molecule has 0 unspecified atom stereocenters. The molecule has 0 bridgehead atoms. The Morgan fingerprint density at radius 1 is 1.10 bits per heavy atom. The number of furan rings is 1. The lowest BCUT2D eigenvalue weighted by atomic mass is 10.2. The molecule has 2 aliphatic rings. The van der Waals surface area contributed by atoms with Gasteiger partial charge in [-0.1, -0.05) is 0 Å². The summed E-state index contributed by atoms with van der Waals surface area (Å²) in [5.74, 6) is 0.921. The first-order chi connectivity index (χ1) is 19.5. The number of hydrogen-bond donors (Lipinski definition) is 2. The fraction of sp³-hybridized carbons (Fsp3) is 0.370. The molecule has 13 heteroatoms. The second-order valence-electron chi connectivity index (χ2n) is 10.2. The number of fused-ring (bicyclic) bond motifs is 3. The second-order valence-corrected chi connectivity index (χ2v) is 10.2. The molecule has 5 aromatic rings. The summed E-state index contributed by atoms with van der Waals surface area (Å²) in [6.07, 6.45) is 1.72. The van der Waals surface area contributed by atoms with Crippen LogP contribution in [0.1, 0.15) is 0 Å². The van der Waals surface area contributed by atoms with Gasteiger partial charge < -0.3 is 25.1 Å². The molecule has 0 saturated carbocycles. The summed E-state index contributed by atoms with van der Waals surface area (Å²) in [6, 6.07) is 10.4. The molecule has 208 valence electrons. The zero-order chi connectivity index (χ0) is 27.2. The van der Waals surface area contributed by atoms with Crippen LogP contribution in [0.4, 0.5) is 20.4 Å². The number of halogens is 2. The smallest absolute Gasteiger partial charge is 0.223 e. The zero-order valence-electron chi connectivity index (χ0n) is 21.7. The summed E-state index contributed by atoms with van der Waals surface area (Å²) in [5.41, 5.74) is 8.96.